The molecule has 8 bridgehead atoms. The number of nitrogens with one attached hydrogen (secondary N) is 7. The van der Waals surface area contributed by atoms with Gasteiger partial charge in [-0.3, -0.25) is 24.0 Å². The maximum Gasteiger partial charge on any atom is 0.251 e. The van der Waals surface area contributed by atoms with Crippen LogP contribution in [0.2, 0.25) is 0 Å². The van der Waals surface area contributed by atoms with E-state index >= 15 is 9.59 Å². The van der Waals surface area contributed by atoms with Crippen molar-refractivity contribution >= 4 is 75.9 Å². The van der Waals surface area contributed by atoms with Gasteiger partial charge in [0.05, 0.1) is 102 Å². The molecule has 19 N–H and O–H groups in total. The third kappa shape index (κ3) is 24.9. The Morgan fingerprint density at radius 3 is 1.00 bits per heavy atom. The van der Waals surface area contributed by atoms with Crippen LogP contribution in [0.1, 0.15) is 77.2 Å². The van der Waals surface area contributed by atoms with Crippen molar-refractivity contribution < 1.29 is 128 Å². The second-order valence-corrected chi connectivity index (χ2v) is 31.8. The molecule has 5 aliphatic heterocycles. The van der Waals surface area contributed by atoms with Crippen molar-refractivity contribution in [1.29, 1.82) is 0 Å². The van der Waals surface area contributed by atoms with Crippen molar-refractivity contribution in [3.63, 3.8) is 0 Å². The minimum Gasteiger partial charge on any atom is -0.394 e. The molecule has 13 rings (SSSR count). The molecule has 688 valence electrons. The molecule has 0 radical (unpaired) electrons. The van der Waals surface area contributed by atoms with Gasteiger partial charge in [0, 0.05) is 101 Å². The summed E-state index contributed by atoms with van der Waals surface area (Å²) in [6, 6.07) is 52.7. The molecule has 3 aromatic heterocycles. The fraction of sp³-hybridized carbons (Fsp3) is 0.415. The summed E-state index contributed by atoms with van der Waals surface area (Å²) < 4.78 is 49.9. The molecule has 35 nitrogen and oxygen atoms in total. The van der Waals surface area contributed by atoms with Crippen molar-refractivity contribution in [3.05, 3.63) is 204 Å². The monoisotopic (exact) mass is 1780 g/mol. The van der Waals surface area contributed by atoms with Gasteiger partial charge < -0.3 is 140 Å². The molecule has 129 heavy (non-hydrogen) atoms. The van der Waals surface area contributed by atoms with Crippen LogP contribution in [0.5, 0.6) is 0 Å². The van der Waals surface area contributed by atoms with Gasteiger partial charge in [0.1, 0.15) is 79.3 Å². The van der Waals surface area contributed by atoms with Crippen molar-refractivity contribution in [1.82, 2.24) is 46.5 Å². The lowest BCUT2D eigenvalue weighted by atomic mass is 9.82. The highest BCUT2D eigenvalue weighted by atomic mass is 16.7. The smallest absolute Gasteiger partial charge is 0.251 e. The van der Waals surface area contributed by atoms with Crippen LogP contribution >= 0.6 is 0 Å². The van der Waals surface area contributed by atoms with E-state index in [4.69, 9.17) is 52.6 Å². The Hall–Kier alpha value is -10.8. The van der Waals surface area contributed by atoms with Crippen molar-refractivity contribution in [3.8, 4) is 44.5 Å². The third-order valence-corrected chi connectivity index (χ3v) is 22.9. The van der Waals surface area contributed by atoms with Gasteiger partial charge in [0.2, 0.25) is 23.6 Å². The highest BCUT2D eigenvalue weighted by molar-refractivity contribution is 6.02. The molecule has 8 aromatic rings. The van der Waals surface area contributed by atoms with Crippen LogP contribution < -0.4 is 26.6 Å². The number of amides is 5. The number of rotatable bonds is 43. The zero-order chi connectivity index (χ0) is 90.9. The first-order valence-electron chi connectivity index (χ1n) is 43.0. The Bertz CT molecular complexity index is 5050. The van der Waals surface area contributed by atoms with Crippen LogP contribution in [0.4, 0.5) is 0 Å². The van der Waals surface area contributed by atoms with Crippen LogP contribution in [-0.4, -0.2) is 313 Å². The molecule has 35 heteroatoms. The summed E-state index contributed by atoms with van der Waals surface area (Å²) in [5.74, 6) is -3.03. The molecule has 3 fully saturated rings. The first-order valence-corrected chi connectivity index (χ1v) is 43.0. The average molecular weight is 1780 g/mol. The summed E-state index contributed by atoms with van der Waals surface area (Å²) in [6.07, 6.45) is -16.2. The summed E-state index contributed by atoms with van der Waals surface area (Å²) in [5.41, 5.74) is 11.8. The summed E-state index contributed by atoms with van der Waals surface area (Å²) >= 11 is 0. The number of carbonyl (C=O) groups excluding carboxylic acids is 5. The molecule has 5 aliphatic rings. The zero-order valence-corrected chi connectivity index (χ0v) is 70.7. The number of fused-ring (bicyclic) bond motifs is 8. The maximum atomic E-state index is 15.8. The second-order valence-electron chi connectivity index (χ2n) is 31.8. The quantitative estimate of drug-likeness (QED) is 0.0244. The van der Waals surface area contributed by atoms with Crippen molar-refractivity contribution in [2.75, 3.05) is 98.9 Å². The van der Waals surface area contributed by atoms with E-state index in [9.17, 15) is 75.7 Å². The normalized spacial score (nSPS) is 22.9. The van der Waals surface area contributed by atoms with Crippen LogP contribution in [0, 0.1) is 0 Å². The Morgan fingerprint density at radius 1 is 0.372 bits per heavy atom. The Kier molecular flexibility index (Phi) is 34.6. The SMILES string of the molecule is O=C(CCC(CCC(=O)NCCOCCO[C@@H]1O[C@H](CO)[C@H](O)[C@H](O)[C@H]1O)(CCC(=O)NCCOCCO[C@@H]1O[C@H](CO)[C@H](O)[C@H](O)[C@H]1O)NC(=O)[C@H](Cc1ccccc1)NC(=O)c1ccc(-c2c3nc(c(-c4ccccc4)c4ccc([nH]4)c(-c4ccccc4)c4nc(c(-c5ccccc5)c5ccc2[nH]5)C=C4)C=C3)cc1)NCCOCCO[C@@H]1O[C@H](CO)[C@H](O)[C@H](O)[C@H]1O. The van der Waals surface area contributed by atoms with Gasteiger partial charge >= 0.3 is 0 Å². The van der Waals surface area contributed by atoms with E-state index < -0.39 is 153 Å². The van der Waals surface area contributed by atoms with Gasteiger partial charge in [-0.15, -0.1) is 0 Å². The number of aliphatic hydroxyl groups excluding tert-OH is 12. The minimum atomic E-state index is -1.67. The molecule has 3 saturated heterocycles. The zero-order valence-electron chi connectivity index (χ0n) is 70.7. The van der Waals surface area contributed by atoms with Crippen molar-refractivity contribution in [2.45, 2.75) is 149 Å². The number of hydrogen-bond donors (Lipinski definition) is 19. The van der Waals surface area contributed by atoms with Crippen LogP contribution in [0.3, 0.4) is 0 Å². The van der Waals surface area contributed by atoms with Gasteiger partial charge in [-0.05, 0) is 108 Å². The largest absolute Gasteiger partial charge is 0.394 e. The Balaban J connectivity index is 0.775. The number of carbonyl (C=O) groups is 5. The molecule has 0 saturated carbocycles. The molecule has 5 amide bonds. The highest BCUT2D eigenvalue weighted by Crippen LogP contribution is 2.40. The summed E-state index contributed by atoms with van der Waals surface area (Å²) in [7, 11) is 0. The first-order chi connectivity index (χ1) is 62.6. The third-order valence-electron chi connectivity index (χ3n) is 22.9. The number of benzene rings is 5. The number of ether oxygens (including phenoxy) is 9. The fourth-order valence-electron chi connectivity index (χ4n) is 15.9. The molecular formula is C94H111N9O26. The van der Waals surface area contributed by atoms with E-state index in [0.29, 0.717) is 33.6 Å². The van der Waals surface area contributed by atoms with Crippen LogP contribution in [0.25, 0.3) is 90.9 Å². The Morgan fingerprint density at radius 2 is 0.682 bits per heavy atom. The predicted molar refractivity (Wildman–Crippen MR) is 471 cm³/mol. The second kappa shape index (κ2) is 46.6. The lowest BCUT2D eigenvalue weighted by Crippen LogP contribution is -2.59. The molecule has 16 atom stereocenters. The van der Waals surface area contributed by atoms with Gasteiger partial charge in [0.15, 0.2) is 18.9 Å². The number of aliphatic hydroxyl groups is 12. The molecule has 0 spiro atoms. The van der Waals surface area contributed by atoms with E-state index in [1.807, 2.05) is 115 Å². The van der Waals surface area contributed by atoms with Gasteiger partial charge in [-0.2, -0.15) is 0 Å². The summed E-state index contributed by atoms with van der Waals surface area (Å²) in [5, 5.41) is 136. The standard InChI is InChI=1S/C94H111N9O26/c104-52-70-80(110)83(113)86(116)91(127-70)124-48-45-121-42-39-95-73(107)33-36-94(37-34-74(108)96-40-43-122-46-49-125-92-87(117)84(114)81(111)71(53-105)128-92,38-35-75(109)97-41-44-123-47-50-126-93-88(118)85(115)82(112)72(54-106)129-93)103-90(120)69(51-55-13-5-1-6-14-55)102-89(119)60-23-21-59(22-24-60)79-67-31-29-65(100-67)77(57-17-9-3-10-18-57)63-27-25-61(98-63)76(56-15-7-2-8-16-56)62-26-28-64(99-62)78(58-19-11-4-12-20-58)66-30-32-68(79)101-66/h1-32,69-72,80-88,91-93,98,101,104-106,110-118H,33-54H2,(H,95,107)(H,96,108)(H,97,109)(H,102,119)(H,103,120)/t69-,70+,71+,72+,80-,81-,82-,83-,84-,85-,86+,87+,88+,91+,92+,93+/m0/s1. The number of aromatic nitrogens is 4. The molecule has 0 aliphatic carbocycles. The van der Waals surface area contributed by atoms with Crippen LogP contribution in [-0.2, 0) is 68.2 Å². The fourth-order valence-corrected chi connectivity index (χ4v) is 15.9. The predicted octanol–water partition coefficient (Wildman–Crippen LogP) is 2.71. The van der Waals surface area contributed by atoms with Gasteiger partial charge in [0.25, 0.3) is 5.91 Å². The van der Waals surface area contributed by atoms with Gasteiger partial charge in [-0.25, -0.2) is 9.97 Å². The summed E-state index contributed by atoms with van der Waals surface area (Å²) in [6.45, 7) is -3.17. The minimum absolute atomic E-state index is 0.0569. The van der Waals surface area contributed by atoms with E-state index in [0.717, 1.165) is 61.3 Å². The molecule has 5 aromatic carbocycles. The van der Waals surface area contributed by atoms with Crippen LogP contribution in [0.15, 0.2) is 170 Å². The number of H-pyrrole nitrogens is 2. The molecule has 8 heterocycles. The van der Waals surface area contributed by atoms with Gasteiger partial charge in [-0.1, -0.05) is 133 Å². The molecular weight excluding hydrogens is 1670 g/mol. The first kappa shape index (κ1) is 95.8. The van der Waals surface area contributed by atoms with E-state index in [2.05, 4.69) is 60.8 Å². The van der Waals surface area contributed by atoms with E-state index in [-0.39, 0.29) is 130 Å². The number of hydrogen-bond acceptors (Lipinski definition) is 28. The Labute approximate surface area is 742 Å². The van der Waals surface area contributed by atoms with E-state index in [1.54, 1.807) is 54.6 Å². The molecule has 0 unspecified atom stereocenters. The highest BCUT2D eigenvalue weighted by Gasteiger charge is 2.47. The number of aromatic amines is 2. The average Bonchev–Trinajstić information content (AvgIpc) is 1.62. The maximum absolute atomic E-state index is 15.8. The lowest BCUT2D eigenvalue weighted by Gasteiger charge is -2.39. The van der Waals surface area contributed by atoms with E-state index in [1.165, 1.54) is 0 Å². The lowest BCUT2D eigenvalue weighted by molar-refractivity contribution is -0.302. The topological polar surface area (TPSA) is 529 Å². The summed E-state index contributed by atoms with van der Waals surface area (Å²) in [4.78, 5) is 91.9. The van der Waals surface area contributed by atoms with Crippen molar-refractivity contribution in [2.24, 2.45) is 0 Å². The number of nitrogens with zero attached hydrogens (tertiary/aromatic N) is 2.